The van der Waals surface area contributed by atoms with Gasteiger partial charge in [0, 0.05) is 44.8 Å². The summed E-state index contributed by atoms with van der Waals surface area (Å²) in [5.41, 5.74) is 2.32. The third-order valence-corrected chi connectivity index (χ3v) is 4.13. The van der Waals surface area contributed by atoms with Crippen molar-refractivity contribution in [2.24, 2.45) is 10.9 Å². The Kier molecular flexibility index (Phi) is 11.6. The smallest absolute Gasteiger partial charge is 0.191 e. The molecule has 0 radical (unpaired) electrons. The van der Waals surface area contributed by atoms with Crippen LogP contribution in [0.3, 0.4) is 0 Å². The first kappa shape index (κ1) is 23.0. The highest BCUT2D eigenvalue weighted by molar-refractivity contribution is 14.0. The Morgan fingerprint density at radius 2 is 2.19 bits per heavy atom. The zero-order valence-electron chi connectivity index (χ0n) is 16.0. The lowest BCUT2D eigenvalue weighted by atomic mass is 10.1. The van der Waals surface area contributed by atoms with Crippen LogP contribution in [0, 0.1) is 12.8 Å². The number of aliphatic imine (C=N–C) groups is 1. The molecule has 0 amide bonds. The number of halogens is 1. The number of rotatable bonds is 9. The highest BCUT2D eigenvalue weighted by Gasteiger charge is 2.17. The third kappa shape index (κ3) is 8.09. The van der Waals surface area contributed by atoms with Crippen molar-refractivity contribution < 1.29 is 14.2 Å². The quantitative estimate of drug-likeness (QED) is 0.248. The number of nitrogens with one attached hydrogen (secondary N) is 2. The molecule has 7 heteroatoms. The largest absolute Gasteiger partial charge is 0.493 e. The fraction of sp³-hybridized carbons (Fsp3) is 0.632. The Hall–Kier alpha value is -1.06. The van der Waals surface area contributed by atoms with Crippen LogP contribution < -0.4 is 15.4 Å². The van der Waals surface area contributed by atoms with Gasteiger partial charge in [-0.3, -0.25) is 4.99 Å². The summed E-state index contributed by atoms with van der Waals surface area (Å²) in [5, 5.41) is 6.57. The minimum atomic E-state index is 0. The molecule has 1 atom stereocenters. The van der Waals surface area contributed by atoms with Crippen LogP contribution in [0.1, 0.15) is 24.5 Å². The van der Waals surface area contributed by atoms with Crippen LogP contribution in [0.5, 0.6) is 5.75 Å². The van der Waals surface area contributed by atoms with E-state index in [1.165, 1.54) is 5.56 Å². The van der Waals surface area contributed by atoms with Crippen molar-refractivity contribution in [2.45, 2.75) is 26.8 Å². The molecule has 1 heterocycles. The van der Waals surface area contributed by atoms with Crippen molar-refractivity contribution in [1.82, 2.24) is 10.6 Å². The highest BCUT2D eigenvalue weighted by Crippen LogP contribution is 2.22. The number of ether oxygens (including phenoxy) is 3. The van der Waals surface area contributed by atoms with Crippen molar-refractivity contribution in [3.8, 4) is 5.75 Å². The molecule has 1 aromatic rings. The predicted molar refractivity (Wildman–Crippen MR) is 116 cm³/mol. The Balaban J connectivity index is 0.00000338. The molecular formula is C19H32IN3O3. The van der Waals surface area contributed by atoms with E-state index < -0.39 is 0 Å². The molecule has 1 saturated heterocycles. The first-order valence-corrected chi connectivity index (χ1v) is 9.05. The summed E-state index contributed by atoms with van der Waals surface area (Å²) in [6, 6.07) is 6.31. The van der Waals surface area contributed by atoms with Gasteiger partial charge in [0.25, 0.3) is 0 Å². The van der Waals surface area contributed by atoms with E-state index in [0.717, 1.165) is 50.1 Å². The van der Waals surface area contributed by atoms with Gasteiger partial charge in [-0.05, 0) is 31.9 Å². The van der Waals surface area contributed by atoms with Crippen molar-refractivity contribution in [3.63, 3.8) is 0 Å². The van der Waals surface area contributed by atoms with Gasteiger partial charge in [0.1, 0.15) is 5.75 Å². The third-order valence-electron chi connectivity index (χ3n) is 4.13. The summed E-state index contributed by atoms with van der Waals surface area (Å²) in [5.74, 6) is 2.19. The zero-order valence-corrected chi connectivity index (χ0v) is 18.4. The van der Waals surface area contributed by atoms with Gasteiger partial charge >= 0.3 is 0 Å². The topological polar surface area (TPSA) is 64.1 Å². The summed E-state index contributed by atoms with van der Waals surface area (Å²) in [6.45, 7) is 9.20. The molecule has 1 aliphatic rings. The maximum Gasteiger partial charge on any atom is 0.191 e. The van der Waals surface area contributed by atoms with E-state index in [2.05, 4.69) is 40.7 Å². The van der Waals surface area contributed by atoms with Crippen molar-refractivity contribution in [2.75, 3.05) is 46.6 Å². The standard InChI is InChI=1S/C19H31N3O3.HI/c1-4-23-10-8-21-19(20-3)22-12-17-6-5-15(2)11-18(17)25-14-16-7-9-24-13-16;/h5-6,11,16H,4,7-10,12-14H2,1-3H3,(H2,20,21,22);1H. The molecule has 26 heavy (non-hydrogen) atoms. The summed E-state index contributed by atoms with van der Waals surface area (Å²) in [4.78, 5) is 4.24. The Morgan fingerprint density at radius 1 is 1.35 bits per heavy atom. The van der Waals surface area contributed by atoms with E-state index in [-0.39, 0.29) is 24.0 Å². The maximum absolute atomic E-state index is 6.08. The first-order valence-electron chi connectivity index (χ1n) is 9.05. The van der Waals surface area contributed by atoms with Gasteiger partial charge in [-0.15, -0.1) is 24.0 Å². The minimum Gasteiger partial charge on any atom is -0.493 e. The average molecular weight is 477 g/mol. The van der Waals surface area contributed by atoms with Crippen LogP contribution in [-0.4, -0.2) is 52.6 Å². The molecule has 0 aromatic heterocycles. The predicted octanol–water partition coefficient (Wildman–Crippen LogP) is 2.73. The lowest BCUT2D eigenvalue weighted by Gasteiger charge is -2.17. The minimum absolute atomic E-state index is 0. The number of benzene rings is 1. The number of hydrogen-bond donors (Lipinski definition) is 2. The molecule has 1 unspecified atom stereocenters. The number of hydrogen-bond acceptors (Lipinski definition) is 4. The number of nitrogens with zero attached hydrogens (tertiary/aromatic N) is 1. The van der Waals surface area contributed by atoms with E-state index in [9.17, 15) is 0 Å². The first-order chi connectivity index (χ1) is 12.2. The van der Waals surface area contributed by atoms with Crippen molar-refractivity contribution in [1.29, 1.82) is 0 Å². The molecule has 0 saturated carbocycles. The maximum atomic E-state index is 6.08. The second-order valence-electron chi connectivity index (χ2n) is 6.20. The Labute approximate surface area is 174 Å². The lowest BCUT2D eigenvalue weighted by Crippen LogP contribution is -2.38. The summed E-state index contributed by atoms with van der Waals surface area (Å²) in [6.07, 6.45) is 1.08. The molecule has 0 spiro atoms. The molecule has 6 nitrogen and oxygen atoms in total. The van der Waals surface area contributed by atoms with Crippen LogP contribution >= 0.6 is 24.0 Å². The number of aryl methyl sites for hydroxylation is 1. The monoisotopic (exact) mass is 477 g/mol. The van der Waals surface area contributed by atoms with E-state index in [0.29, 0.717) is 25.7 Å². The Morgan fingerprint density at radius 3 is 2.88 bits per heavy atom. The summed E-state index contributed by atoms with van der Waals surface area (Å²) in [7, 11) is 1.77. The van der Waals surface area contributed by atoms with Crippen LogP contribution in [0.15, 0.2) is 23.2 Å². The van der Waals surface area contributed by atoms with E-state index in [1.54, 1.807) is 7.05 Å². The van der Waals surface area contributed by atoms with Crippen LogP contribution in [0.2, 0.25) is 0 Å². The van der Waals surface area contributed by atoms with Gasteiger partial charge < -0.3 is 24.8 Å². The average Bonchev–Trinajstić information content (AvgIpc) is 3.14. The van der Waals surface area contributed by atoms with Crippen molar-refractivity contribution in [3.05, 3.63) is 29.3 Å². The van der Waals surface area contributed by atoms with E-state index in [1.807, 2.05) is 6.92 Å². The second-order valence-corrected chi connectivity index (χ2v) is 6.20. The van der Waals surface area contributed by atoms with Gasteiger partial charge in [0.05, 0.1) is 19.8 Å². The Bertz CT molecular complexity index is 549. The molecule has 0 aliphatic carbocycles. The molecule has 1 fully saturated rings. The number of guanidine groups is 1. The molecule has 1 aliphatic heterocycles. The van der Waals surface area contributed by atoms with Gasteiger partial charge in [0.15, 0.2) is 5.96 Å². The fourth-order valence-electron chi connectivity index (χ4n) is 2.65. The lowest BCUT2D eigenvalue weighted by molar-refractivity contribution is 0.152. The van der Waals surface area contributed by atoms with E-state index in [4.69, 9.17) is 14.2 Å². The van der Waals surface area contributed by atoms with Gasteiger partial charge in [-0.25, -0.2) is 0 Å². The molecule has 2 N–H and O–H groups in total. The van der Waals surface area contributed by atoms with Gasteiger partial charge in [-0.2, -0.15) is 0 Å². The molecular weight excluding hydrogens is 445 g/mol. The summed E-state index contributed by atoms with van der Waals surface area (Å²) >= 11 is 0. The molecule has 2 rings (SSSR count). The zero-order chi connectivity index (χ0) is 17.9. The van der Waals surface area contributed by atoms with E-state index >= 15 is 0 Å². The van der Waals surface area contributed by atoms with Crippen molar-refractivity contribution >= 4 is 29.9 Å². The molecule has 0 bridgehead atoms. The molecule has 1 aromatic carbocycles. The van der Waals surface area contributed by atoms with Crippen LogP contribution in [-0.2, 0) is 16.0 Å². The fourth-order valence-corrected chi connectivity index (χ4v) is 2.65. The van der Waals surface area contributed by atoms with Gasteiger partial charge in [-0.1, -0.05) is 12.1 Å². The molecule has 148 valence electrons. The van der Waals surface area contributed by atoms with Crippen LogP contribution in [0.4, 0.5) is 0 Å². The van der Waals surface area contributed by atoms with Gasteiger partial charge in [0.2, 0.25) is 0 Å². The summed E-state index contributed by atoms with van der Waals surface area (Å²) < 4.78 is 16.8. The second kappa shape index (κ2) is 13.2. The highest BCUT2D eigenvalue weighted by atomic mass is 127. The SMILES string of the molecule is CCOCCNC(=NC)NCc1ccc(C)cc1OCC1CCOC1.I. The normalized spacial score (nSPS) is 16.9. The van der Waals surface area contributed by atoms with Crippen LogP contribution in [0.25, 0.3) is 0 Å².